The number of aryl methyl sites for hydroxylation is 2. The third kappa shape index (κ3) is 4.67. The number of anilines is 1. The molecule has 1 heterocycles. The Bertz CT molecular complexity index is 765. The molecular weight excluding hydrogens is 314 g/mol. The van der Waals surface area contributed by atoms with Crippen molar-refractivity contribution in [3.63, 3.8) is 0 Å². The molecule has 0 saturated heterocycles. The first kappa shape index (κ1) is 17.2. The topological polar surface area (TPSA) is 122 Å². The summed E-state index contributed by atoms with van der Waals surface area (Å²) in [6, 6.07) is 6.65. The number of oxazole rings is 1. The molecule has 0 saturated carbocycles. The van der Waals surface area contributed by atoms with E-state index in [0.29, 0.717) is 22.8 Å². The first-order valence-corrected chi connectivity index (χ1v) is 7.18. The van der Waals surface area contributed by atoms with Gasteiger partial charge in [-0.2, -0.15) is 0 Å². The Hall–Kier alpha value is -3.16. The standard InChI is InChI=1S/C16H17N3O5/c1-9-15(24-10(2)18-9)16(23)19-12-5-3-11(4-6-12)7-13(20)17-8-14(21)22/h3-6H,7-8H2,1-2H3,(H,17,20)(H,19,23)(H,21,22). The van der Waals surface area contributed by atoms with Gasteiger partial charge in [-0.05, 0) is 24.6 Å². The maximum atomic E-state index is 12.1. The fourth-order valence-electron chi connectivity index (χ4n) is 2.06. The molecule has 2 rings (SSSR count). The van der Waals surface area contributed by atoms with Gasteiger partial charge in [-0.1, -0.05) is 12.1 Å². The van der Waals surface area contributed by atoms with E-state index in [0.717, 1.165) is 0 Å². The van der Waals surface area contributed by atoms with Crippen LogP contribution in [0.3, 0.4) is 0 Å². The van der Waals surface area contributed by atoms with Crippen molar-refractivity contribution in [2.24, 2.45) is 0 Å². The highest BCUT2D eigenvalue weighted by atomic mass is 16.4. The summed E-state index contributed by atoms with van der Waals surface area (Å²) in [7, 11) is 0. The number of rotatable bonds is 6. The number of benzene rings is 1. The predicted molar refractivity (Wildman–Crippen MR) is 84.7 cm³/mol. The monoisotopic (exact) mass is 331 g/mol. The Labute approximate surface area is 137 Å². The van der Waals surface area contributed by atoms with E-state index in [9.17, 15) is 14.4 Å². The average molecular weight is 331 g/mol. The number of nitrogens with zero attached hydrogens (tertiary/aromatic N) is 1. The van der Waals surface area contributed by atoms with Crippen LogP contribution >= 0.6 is 0 Å². The summed E-state index contributed by atoms with van der Waals surface area (Å²) in [5.74, 6) is -1.31. The Kier molecular flexibility index (Phi) is 5.31. The summed E-state index contributed by atoms with van der Waals surface area (Å²) < 4.78 is 5.25. The van der Waals surface area contributed by atoms with Crippen LogP contribution in [0, 0.1) is 13.8 Å². The minimum atomic E-state index is -1.10. The van der Waals surface area contributed by atoms with Gasteiger partial charge in [0.25, 0.3) is 5.91 Å². The highest BCUT2D eigenvalue weighted by Crippen LogP contribution is 2.14. The second-order valence-corrected chi connectivity index (χ2v) is 5.15. The zero-order chi connectivity index (χ0) is 17.7. The summed E-state index contributed by atoms with van der Waals surface area (Å²) in [4.78, 5) is 38.1. The SMILES string of the molecule is Cc1nc(C)c(C(=O)Nc2ccc(CC(=O)NCC(=O)O)cc2)o1. The highest BCUT2D eigenvalue weighted by Gasteiger charge is 2.16. The Morgan fingerprint density at radius 2 is 1.83 bits per heavy atom. The molecule has 2 amide bonds. The summed E-state index contributed by atoms with van der Waals surface area (Å²) >= 11 is 0. The van der Waals surface area contributed by atoms with Crippen molar-refractivity contribution in [3.8, 4) is 0 Å². The molecule has 24 heavy (non-hydrogen) atoms. The van der Waals surface area contributed by atoms with Crippen LogP contribution in [0.5, 0.6) is 0 Å². The van der Waals surface area contributed by atoms with E-state index in [1.54, 1.807) is 38.1 Å². The van der Waals surface area contributed by atoms with Crippen molar-refractivity contribution < 1.29 is 23.9 Å². The molecule has 0 unspecified atom stereocenters. The first-order valence-electron chi connectivity index (χ1n) is 7.18. The number of amides is 2. The van der Waals surface area contributed by atoms with E-state index in [4.69, 9.17) is 9.52 Å². The van der Waals surface area contributed by atoms with Crippen molar-refractivity contribution in [1.82, 2.24) is 10.3 Å². The lowest BCUT2D eigenvalue weighted by atomic mass is 10.1. The van der Waals surface area contributed by atoms with Gasteiger partial charge in [0.2, 0.25) is 11.7 Å². The van der Waals surface area contributed by atoms with Crippen LogP contribution in [-0.4, -0.2) is 34.4 Å². The molecule has 0 aliphatic carbocycles. The van der Waals surface area contributed by atoms with E-state index in [2.05, 4.69) is 15.6 Å². The van der Waals surface area contributed by atoms with Gasteiger partial charge in [0.05, 0.1) is 12.1 Å². The van der Waals surface area contributed by atoms with E-state index in [-0.39, 0.29) is 18.1 Å². The maximum absolute atomic E-state index is 12.1. The van der Waals surface area contributed by atoms with Crippen molar-refractivity contribution in [2.75, 3.05) is 11.9 Å². The van der Waals surface area contributed by atoms with Gasteiger partial charge in [0.15, 0.2) is 5.89 Å². The number of nitrogens with one attached hydrogen (secondary N) is 2. The lowest BCUT2D eigenvalue weighted by molar-refractivity contribution is -0.137. The Morgan fingerprint density at radius 1 is 1.17 bits per heavy atom. The molecular formula is C16H17N3O5. The van der Waals surface area contributed by atoms with Gasteiger partial charge in [0, 0.05) is 12.6 Å². The number of aromatic nitrogens is 1. The minimum Gasteiger partial charge on any atom is -0.480 e. The van der Waals surface area contributed by atoms with Gasteiger partial charge in [0.1, 0.15) is 6.54 Å². The lowest BCUT2D eigenvalue weighted by Crippen LogP contribution is -2.30. The molecule has 2 aromatic rings. The molecule has 1 aromatic heterocycles. The Morgan fingerprint density at radius 3 is 2.38 bits per heavy atom. The molecule has 8 heteroatoms. The van der Waals surface area contributed by atoms with Crippen LogP contribution < -0.4 is 10.6 Å². The molecule has 0 fully saturated rings. The zero-order valence-electron chi connectivity index (χ0n) is 13.3. The molecule has 0 bridgehead atoms. The molecule has 0 aliphatic rings. The molecule has 8 nitrogen and oxygen atoms in total. The third-order valence-electron chi connectivity index (χ3n) is 3.12. The number of hydrogen-bond donors (Lipinski definition) is 3. The van der Waals surface area contributed by atoms with Crippen LogP contribution in [0.4, 0.5) is 5.69 Å². The fraction of sp³-hybridized carbons (Fsp3) is 0.250. The lowest BCUT2D eigenvalue weighted by Gasteiger charge is -2.06. The number of carbonyl (C=O) groups is 3. The number of carboxylic acid groups (broad SMARTS) is 1. The molecule has 3 N–H and O–H groups in total. The average Bonchev–Trinajstić information content (AvgIpc) is 2.86. The van der Waals surface area contributed by atoms with Crippen molar-refractivity contribution >= 4 is 23.5 Å². The minimum absolute atomic E-state index is 0.0575. The Balaban J connectivity index is 1.94. The summed E-state index contributed by atoms with van der Waals surface area (Å²) in [6.45, 7) is 2.93. The third-order valence-corrected chi connectivity index (χ3v) is 3.12. The van der Waals surface area contributed by atoms with Gasteiger partial charge in [-0.25, -0.2) is 4.98 Å². The van der Waals surface area contributed by atoms with Gasteiger partial charge >= 0.3 is 5.97 Å². The number of aliphatic carboxylic acids is 1. The zero-order valence-corrected chi connectivity index (χ0v) is 13.3. The maximum Gasteiger partial charge on any atom is 0.322 e. The van der Waals surface area contributed by atoms with E-state index < -0.39 is 18.4 Å². The van der Waals surface area contributed by atoms with Crippen molar-refractivity contribution in [2.45, 2.75) is 20.3 Å². The van der Waals surface area contributed by atoms with E-state index in [1.807, 2.05) is 0 Å². The molecule has 126 valence electrons. The van der Waals surface area contributed by atoms with Crippen LogP contribution in [0.2, 0.25) is 0 Å². The predicted octanol–water partition coefficient (Wildman–Crippen LogP) is 1.29. The quantitative estimate of drug-likeness (QED) is 0.733. The van der Waals surface area contributed by atoms with Crippen molar-refractivity contribution in [3.05, 3.63) is 47.2 Å². The smallest absolute Gasteiger partial charge is 0.322 e. The summed E-state index contributed by atoms with van der Waals surface area (Å²) in [6.07, 6.45) is 0.0575. The van der Waals surface area contributed by atoms with Gasteiger partial charge in [-0.3, -0.25) is 14.4 Å². The molecule has 1 aromatic carbocycles. The van der Waals surface area contributed by atoms with Crippen molar-refractivity contribution in [1.29, 1.82) is 0 Å². The first-order chi connectivity index (χ1) is 11.3. The highest BCUT2D eigenvalue weighted by molar-refractivity contribution is 6.02. The number of carboxylic acids is 1. The van der Waals surface area contributed by atoms with Crippen LogP contribution in [0.1, 0.15) is 27.7 Å². The normalized spacial score (nSPS) is 10.2. The van der Waals surface area contributed by atoms with Crippen LogP contribution in [-0.2, 0) is 16.0 Å². The van der Waals surface area contributed by atoms with Crippen LogP contribution in [0.25, 0.3) is 0 Å². The fourth-order valence-corrected chi connectivity index (χ4v) is 2.06. The second kappa shape index (κ2) is 7.40. The summed E-state index contributed by atoms with van der Waals surface area (Å²) in [5.41, 5.74) is 1.75. The molecule has 0 aliphatic heterocycles. The van der Waals surface area contributed by atoms with Crippen LogP contribution in [0.15, 0.2) is 28.7 Å². The molecule has 0 radical (unpaired) electrons. The molecule has 0 spiro atoms. The van der Waals surface area contributed by atoms with E-state index >= 15 is 0 Å². The second-order valence-electron chi connectivity index (χ2n) is 5.15. The number of hydrogen-bond acceptors (Lipinski definition) is 5. The molecule has 0 atom stereocenters. The van der Waals surface area contributed by atoms with Gasteiger partial charge in [-0.15, -0.1) is 0 Å². The van der Waals surface area contributed by atoms with Gasteiger partial charge < -0.3 is 20.2 Å². The number of carbonyl (C=O) groups excluding carboxylic acids is 2. The summed E-state index contributed by atoms with van der Waals surface area (Å²) in [5, 5.41) is 13.5. The largest absolute Gasteiger partial charge is 0.480 e. The van der Waals surface area contributed by atoms with E-state index in [1.165, 1.54) is 0 Å².